The maximum atomic E-state index is 8.72. The summed E-state index contributed by atoms with van der Waals surface area (Å²) in [6.07, 6.45) is 3.02. The highest BCUT2D eigenvalue weighted by atomic mass is 15.1. The molecule has 0 aliphatic carbocycles. The normalized spacial score (nSPS) is 12.5. The van der Waals surface area contributed by atoms with E-state index in [2.05, 4.69) is 21.0 Å². The number of hydrogen-bond acceptors (Lipinski definition) is 5. The lowest BCUT2D eigenvalue weighted by Crippen LogP contribution is -2.05. The Balaban J connectivity index is 2.46. The molecule has 0 bridgehead atoms. The third-order valence-corrected chi connectivity index (χ3v) is 2.12. The molecule has 76 valence electrons. The highest BCUT2D eigenvalue weighted by molar-refractivity contribution is 5.81. The Morgan fingerprint density at radius 2 is 2.33 bits per heavy atom. The first-order valence-corrected chi connectivity index (χ1v) is 4.53. The highest BCUT2D eigenvalue weighted by Crippen LogP contribution is 2.15. The van der Waals surface area contributed by atoms with E-state index in [1.54, 1.807) is 10.9 Å². The van der Waals surface area contributed by atoms with Gasteiger partial charge in [-0.1, -0.05) is 0 Å². The summed E-state index contributed by atoms with van der Waals surface area (Å²) in [5.74, 6) is 0.280. The molecule has 2 heterocycles. The zero-order valence-corrected chi connectivity index (χ0v) is 8.25. The van der Waals surface area contributed by atoms with Crippen LogP contribution >= 0.6 is 0 Å². The van der Waals surface area contributed by atoms with Gasteiger partial charge in [0, 0.05) is 6.54 Å². The van der Waals surface area contributed by atoms with Gasteiger partial charge in [0.05, 0.1) is 18.3 Å². The molecule has 0 saturated heterocycles. The molecule has 2 aromatic heterocycles. The highest BCUT2D eigenvalue weighted by Gasteiger charge is 2.09. The molecule has 6 nitrogen and oxygen atoms in total. The lowest BCUT2D eigenvalue weighted by Gasteiger charge is -2.03. The number of fused-ring (bicyclic) bond motifs is 1. The summed E-state index contributed by atoms with van der Waals surface area (Å²) < 4.78 is 1.81. The lowest BCUT2D eigenvalue weighted by atomic mass is 10.2. The molecule has 1 unspecified atom stereocenters. The van der Waals surface area contributed by atoms with Crippen molar-refractivity contribution in [3.8, 4) is 6.07 Å². The zero-order chi connectivity index (χ0) is 10.8. The van der Waals surface area contributed by atoms with Gasteiger partial charge in [0.1, 0.15) is 11.8 Å². The zero-order valence-electron chi connectivity index (χ0n) is 8.25. The van der Waals surface area contributed by atoms with E-state index < -0.39 is 0 Å². The van der Waals surface area contributed by atoms with Crippen LogP contribution in [0.15, 0.2) is 12.7 Å². The van der Waals surface area contributed by atoms with Crippen molar-refractivity contribution >= 4 is 17.0 Å². The predicted octanol–water partition coefficient (Wildman–Crippen LogP) is 0.568. The minimum absolute atomic E-state index is 0.0846. The summed E-state index contributed by atoms with van der Waals surface area (Å²) in [6, 6.07) is 2.16. The second-order valence-electron chi connectivity index (χ2n) is 3.36. The van der Waals surface area contributed by atoms with Crippen molar-refractivity contribution in [3.63, 3.8) is 0 Å². The van der Waals surface area contributed by atoms with Crippen LogP contribution in [0.5, 0.6) is 0 Å². The summed E-state index contributed by atoms with van der Waals surface area (Å²) in [5.41, 5.74) is 6.90. The van der Waals surface area contributed by atoms with Crippen molar-refractivity contribution in [2.75, 3.05) is 5.73 Å². The third-order valence-electron chi connectivity index (χ3n) is 2.12. The Bertz CT molecular complexity index is 523. The van der Waals surface area contributed by atoms with Crippen LogP contribution in [0.3, 0.4) is 0 Å². The Labute approximate surface area is 86.4 Å². The smallest absolute Gasteiger partial charge is 0.165 e. The number of imidazole rings is 1. The topological polar surface area (TPSA) is 93.4 Å². The molecule has 0 saturated carbocycles. The van der Waals surface area contributed by atoms with E-state index in [1.807, 2.05) is 6.92 Å². The van der Waals surface area contributed by atoms with E-state index in [9.17, 15) is 0 Å². The molecule has 6 heteroatoms. The average molecular weight is 202 g/mol. The Hall–Kier alpha value is -2.16. The quantitative estimate of drug-likeness (QED) is 0.768. The standard InChI is InChI=1S/C9H10N6/c1-6(2-10)3-15-5-14-7-8(11)12-4-13-9(7)15/h4-6H,3H2,1H3,(H2,11,12,13). The fraction of sp³-hybridized carbons (Fsp3) is 0.333. The van der Waals surface area contributed by atoms with Gasteiger partial charge in [-0.3, -0.25) is 0 Å². The van der Waals surface area contributed by atoms with Crippen LogP contribution in [0.4, 0.5) is 5.82 Å². The number of nitrogens with two attached hydrogens (primary N) is 1. The molecular formula is C9H10N6. The van der Waals surface area contributed by atoms with Crippen molar-refractivity contribution in [1.29, 1.82) is 5.26 Å². The van der Waals surface area contributed by atoms with Crippen molar-refractivity contribution in [2.24, 2.45) is 5.92 Å². The van der Waals surface area contributed by atoms with Crippen LogP contribution in [-0.2, 0) is 6.54 Å². The molecule has 15 heavy (non-hydrogen) atoms. The molecule has 0 fully saturated rings. The molecule has 0 aromatic carbocycles. The van der Waals surface area contributed by atoms with Crippen molar-refractivity contribution in [1.82, 2.24) is 19.5 Å². The minimum Gasteiger partial charge on any atom is -0.382 e. The van der Waals surface area contributed by atoms with E-state index in [1.165, 1.54) is 6.33 Å². The molecule has 2 N–H and O–H groups in total. The predicted molar refractivity (Wildman–Crippen MR) is 54.5 cm³/mol. The van der Waals surface area contributed by atoms with Gasteiger partial charge >= 0.3 is 0 Å². The Morgan fingerprint density at radius 3 is 3.07 bits per heavy atom. The van der Waals surface area contributed by atoms with Gasteiger partial charge in [0.25, 0.3) is 0 Å². The largest absolute Gasteiger partial charge is 0.382 e. The monoisotopic (exact) mass is 202 g/mol. The van der Waals surface area contributed by atoms with E-state index in [4.69, 9.17) is 11.0 Å². The number of aromatic nitrogens is 4. The maximum absolute atomic E-state index is 8.72. The van der Waals surface area contributed by atoms with Crippen molar-refractivity contribution in [2.45, 2.75) is 13.5 Å². The summed E-state index contributed by atoms with van der Waals surface area (Å²) in [5, 5.41) is 8.72. The van der Waals surface area contributed by atoms with Crippen molar-refractivity contribution in [3.05, 3.63) is 12.7 Å². The minimum atomic E-state index is -0.0846. The van der Waals surface area contributed by atoms with Crippen LogP contribution in [0, 0.1) is 17.2 Å². The summed E-state index contributed by atoms with van der Waals surface area (Å²) in [4.78, 5) is 12.0. The number of hydrogen-bond donors (Lipinski definition) is 1. The number of rotatable bonds is 2. The average Bonchev–Trinajstić information content (AvgIpc) is 2.63. The molecule has 1 atom stereocenters. The van der Waals surface area contributed by atoms with E-state index in [-0.39, 0.29) is 5.92 Å². The molecule has 0 radical (unpaired) electrons. The fourth-order valence-corrected chi connectivity index (χ4v) is 1.37. The molecule has 0 amide bonds. The number of anilines is 1. The van der Waals surface area contributed by atoms with Gasteiger partial charge in [0.15, 0.2) is 11.5 Å². The van der Waals surface area contributed by atoms with Gasteiger partial charge in [-0.2, -0.15) is 5.26 Å². The van der Waals surface area contributed by atoms with Gasteiger partial charge in [-0.15, -0.1) is 0 Å². The third kappa shape index (κ3) is 1.59. The van der Waals surface area contributed by atoms with Gasteiger partial charge in [-0.25, -0.2) is 15.0 Å². The van der Waals surface area contributed by atoms with Crippen LogP contribution < -0.4 is 5.73 Å². The van der Waals surface area contributed by atoms with Crippen LogP contribution in [0.1, 0.15) is 6.92 Å². The Kier molecular flexibility index (Phi) is 2.21. The maximum Gasteiger partial charge on any atom is 0.165 e. The van der Waals surface area contributed by atoms with E-state index in [0.29, 0.717) is 23.5 Å². The van der Waals surface area contributed by atoms with Crippen LogP contribution in [-0.4, -0.2) is 19.5 Å². The fourth-order valence-electron chi connectivity index (χ4n) is 1.37. The molecule has 0 aliphatic rings. The van der Waals surface area contributed by atoms with Crippen LogP contribution in [0.2, 0.25) is 0 Å². The Morgan fingerprint density at radius 1 is 1.53 bits per heavy atom. The second kappa shape index (κ2) is 3.53. The first kappa shape index (κ1) is 9.40. The van der Waals surface area contributed by atoms with Gasteiger partial charge in [-0.05, 0) is 6.92 Å². The summed E-state index contributed by atoms with van der Waals surface area (Å²) in [6.45, 7) is 2.40. The summed E-state index contributed by atoms with van der Waals surface area (Å²) in [7, 11) is 0. The van der Waals surface area contributed by atoms with Crippen molar-refractivity contribution < 1.29 is 0 Å². The number of nitrogen functional groups attached to an aromatic ring is 1. The summed E-state index contributed by atoms with van der Waals surface area (Å²) >= 11 is 0. The van der Waals surface area contributed by atoms with E-state index in [0.717, 1.165) is 0 Å². The molecule has 2 rings (SSSR count). The van der Waals surface area contributed by atoms with Gasteiger partial charge < -0.3 is 10.3 Å². The molecular weight excluding hydrogens is 192 g/mol. The number of nitrogens with zero attached hydrogens (tertiary/aromatic N) is 5. The SMILES string of the molecule is CC(C#N)Cn1cnc2c(N)ncnc21. The molecule has 2 aromatic rings. The first-order chi connectivity index (χ1) is 7.22. The number of nitriles is 1. The molecule has 0 aliphatic heterocycles. The second-order valence-corrected chi connectivity index (χ2v) is 3.36. The van der Waals surface area contributed by atoms with Crippen LogP contribution in [0.25, 0.3) is 11.2 Å². The first-order valence-electron chi connectivity index (χ1n) is 4.53. The lowest BCUT2D eigenvalue weighted by molar-refractivity contribution is 0.589. The van der Waals surface area contributed by atoms with E-state index >= 15 is 0 Å². The van der Waals surface area contributed by atoms with Gasteiger partial charge in [0.2, 0.25) is 0 Å². The molecule has 0 spiro atoms.